The van der Waals surface area contributed by atoms with E-state index >= 15 is 0 Å². The van der Waals surface area contributed by atoms with Crippen LogP contribution in [0.1, 0.15) is 51.2 Å². The molecule has 2 amide bonds. The maximum atomic E-state index is 13.3. The number of methoxy groups -OCH3 is 1. The Morgan fingerprint density at radius 2 is 1.87 bits per heavy atom. The molecular formula is C30H33N5O4. The van der Waals surface area contributed by atoms with Gasteiger partial charge in [0.2, 0.25) is 5.91 Å². The van der Waals surface area contributed by atoms with Crippen molar-refractivity contribution in [2.75, 3.05) is 20.3 Å². The van der Waals surface area contributed by atoms with Gasteiger partial charge >= 0.3 is 0 Å². The second kappa shape index (κ2) is 10.8. The molecule has 0 bridgehead atoms. The number of rotatable bonds is 9. The average molecular weight is 528 g/mol. The third-order valence-electron chi connectivity index (χ3n) is 7.23. The summed E-state index contributed by atoms with van der Waals surface area (Å²) in [6.45, 7) is 6.88. The molecule has 2 aromatic carbocycles. The van der Waals surface area contributed by atoms with E-state index in [9.17, 15) is 9.59 Å². The van der Waals surface area contributed by atoms with Gasteiger partial charge in [-0.05, 0) is 74.7 Å². The molecule has 0 spiro atoms. The molecule has 3 aromatic rings. The number of hydrogen-bond donors (Lipinski definition) is 1. The molecule has 1 N–H and O–H groups in total. The molecule has 0 saturated carbocycles. The number of amides is 2. The number of nitrogens with zero attached hydrogens (tertiary/aromatic N) is 4. The minimum absolute atomic E-state index is 0.0158. The summed E-state index contributed by atoms with van der Waals surface area (Å²) in [5, 5.41) is 11.5. The molecule has 1 atom stereocenters. The van der Waals surface area contributed by atoms with Gasteiger partial charge in [-0.2, -0.15) is 10.2 Å². The number of fused-ring (bicyclic) bond motifs is 1. The molecule has 1 unspecified atom stereocenters. The Hall–Kier alpha value is -4.27. The van der Waals surface area contributed by atoms with Crippen molar-refractivity contribution >= 4 is 34.1 Å². The van der Waals surface area contributed by atoms with Crippen molar-refractivity contribution in [2.45, 2.75) is 40.0 Å². The number of pyridine rings is 1. The molecule has 0 fully saturated rings. The summed E-state index contributed by atoms with van der Waals surface area (Å²) in [4.78, 5) is 29.2. The van der Waals surface area contributed by atoms with Crippen LogP contribution in [0.5, 0.6) is 11.5 Å². The lowest BCUT2D eigenvalue weighted by Crippen LogP contribution is -2.35. The number of carbonyl (C=O) groups excluding carboxylic acids is 2. The summed E-state index contributed by atoms with van der Waals surface area (Å²) >= 11 is 0. The predicted molar refractivity (Wildman–Crippen MR) is 150 cm³/mol. The van der Waals surface area contributed by atoms with Gasteiger partial charge in [-0.15, -0.1) is 0 Å². The van der Waals surface area contributed by atoms with Gasteiger partial charge in [-0.25, -0.2) is 10.4 Å². The molecule has 5 rings (SSSR count). The van der Waals surface area contributed by atoms with Gasteiger partial charge < -0.3 is 9.47 Å². The number of ether oxygens (including phenoxy) is 2. The summed E-state index contributed by atoms with van der Waals surface area (Å²) in [5.41, 5.74) is 6.02. The van der Waals surface area contributed by atoms with Gasteiger partial charge in [-0.3, -0.25) is 14.6 Å². The first-order valence-electron chi connectivity index (χ1n) is 13.2. The average Bonchev–Trinajstić information content (AvgIpc) is 3.16. The van der Waals surface area contributed by atoms with Gasteiger partial charge in [-0.1, -0.05) is 13.0 Å². The second-order valence-electron chi connectivity index (χ2n) is 10.4. The molecule has 0 radical (unpaired) electrons. The maximum Gasteiger partial charge on any atom is 0.254 e. The molecule has 2 aliphatic rings. The van der Waals surface area contributed by atoms with Crippen LogP contribution >= 0.6 is 0 Å². The summed E-state index contributed by atoms with van der Waals surface area (Å²) in [6.07, 6.45) is 3.71. The van der Waals surface area contributed by atoms with E-state index in [2.05, 4.69) is 15.5 Å². The van der Waals surface area contributed by atoms with Crippen LogP contribution in [0.2, 0.25) is 0 Å². The molecular weight excluding hydrogens is 494 g/mol. The predicted octanol–water partition coefficient (Wildman–Crippen LogP) is 4.54. The van der Waals surface area contributed by atoms with Crippen LogP contribution in [0.15, 0.2) is 64.9 Å². The third-order valence-corrected chi connectivity index (χ3v) is 7.23. The van der Waals surface area contributed by atoms with Gasteiger partial charge in [0, 0.05) is 36.0 Å². The molecule has 9 nitrogen and oxygen atoms in total. The van der Waals surface area contributed by atoms with Crippen molar-refractivity contribution in [1.29, 1.82) is 0 Å². The first-order valence-corrected chi connectivity index (χ1v) is 13.2. The fourth-order valence-corrected chi connectivity index (χ4v) is 5.05. The molecule has 0 aliphatic carbocycles. The van der Waals surface area contributed by atoms with Crippen LogP contribution in [0.3, 0.4) is 0 Å². The van der Waals surface area contributed by atoms with Crippen LogP contribution in [0.4, 0.5) is 0 Å². The molecule has 2 aliphatic heterocycles. The van der Waals surface area contributed by atoms with Gasteiger partial charge in [0.15, 0.2) is 0 Å². The van der Waals surface area contributed by atoms with Crippen LogP contribution in [0.25, 0.3) is 10.9 Å². The number of carbonyl (C=O) groups is 2. The third kappa shape index (κ3) is 5.21. The summed E-state index contributed by atoms with van der Waals surface area (Å²) < 4.78 is 11.4. The van der Waals surface area contributed by atoms with E-state index in [4.69, 9.17) is 14.6 Å². The van der Waals surface area contributed by atoms with Crippen molar-refractivity contribution in [1.82, 2.24) is 15.4 Å². The van der Waals surface area contributed by atoms with E-state index in [1.807, 2.05) is 69.3 Å². The maximum absolute atomic E-state index is 13.3. The van der Waals surface area contributed by atoms with Gasteiger partial charge in [0.1, 0.15) is 17.0 Å². The highest BCUT2D eigenvalue weighted by Crippen LogP contribution is 2.36. The lowest BCUT2D eigenvalue weighted by atomic mass is 9.82. The second-order valence-corrected chi connectivity index (χ2v) is 10.4. The van der Waals surface area contributed by atoms with Gasteiger partial charge in [0.25, 0.3) is 5.91 Å². The normalized spacial score (nSPS) is 18.6. The number of hydrazone groups is 2. The Morgan fingerprint density at radius 1 is 1.08 bits per heavy atom. The van der Waals surface area contributed by atoms with E-state index in [0.717, 1.165) is 52.0 Å². The number of aromatic nitrogens is 1. The topological polar surface area (TPSA) is 105 Å². The summed E-state index contributed by atoms with van der Waals surface area (Å²) in [6, 6.07) is 15.4. The largest absolute Gasteiger partial charge is 0.494 e. The number of hydrogen-bond acceptors (Lipinski definition) is 7. The zero-order chi connectivity index (χ0) is 27.6. The molecule has 39 heavy (non-hydrogen) atoms. The van der Waals surface area contributed by atoms with Gasteiger partial charge in [0.05, 0.1) is 30.6 Å². The lowest BCUT2D eigenvalue weighted by Gasteiger charge is -2.20. The minimum Gasteiger partial charge on any atom is -0.494 e. The quantitative estimate of drug-likeness (QED) is 0.412. The standard InChI is InChI=1S/C30H33N5O4/c1-19-18-25(36)32-33-26(19)20-9-11-21(12-10-20)39-17-6-5-16-35-29(37)30(2,3)28(34-35)23-13-14-24(38-4)27-22(23)8-7-15-31-27/h7-15,19H,5-6,16-18H2,1-4H3,(H,32,36). The Balaban J connectivity index is 1.19. The van der Waals surface area contributed by atoms with Crippen LogP contribution in [-0.2, 0) is 9.59 Å². The van der Waals surface area contributed by atoms with Crippen molar-refractivity contribution in [3.05, 3.63) is 65.9 Å². The van der Waals surface area contributed by atoms with E-state index in [0.29, 0.717) is 25.3 Å². The van der Waals surface area contributed by atoms with Crippen molar-refractivity contribution in [3.8, 4) is 11.5 Å². The fraction of sp³-hybridized carbons (Fsp3) is 0.367. The highest BCUT2D eigenvalue weighted by molar-refractivity contribution is 6.23. The summed E-state index contributed by atoms with van der Waals surface area (Å²) in [5.74, 6) is 1.46. The minimum atomic E-state index is -0.751. The lowest BCUT2D eigenvalue weighted by molar-refractivity contribution is -0.135. The SMILES string of the molecule is COc1ccc(C2=NN(CCCCOc3ccc(C4=NNC(=O)CC4C)cc3)C(=O)C2(C)C)c2cccnc12. The van der Waals surface area contributed by atoms with E-state index in [1.54, 1.807) is 18.3 Å². The molecule has 0 saturated heterocycles. The number of unbranched alkanes of at least 4 members (excludes halogenated alkanes) is 1. The highest BCUT2D eigenvalue weighted by atomic mass is 16.5. The zero-order valence-electron chi connectivity index (χ0n) is 22.7. The van der Waals surface area contributed by atoms with Crippen LogP contribution in [0, 0.1) is 11.3 Å². The first kappa shape index (κ1) is 26.3. The van der Waals surface area contributed by atoms with E-state index < -0.39 is 5.41 Å². The van der Waals surface area contributed by atoms with E-state index in [-0.39, 0.29) is 17.7 Å². The van der Waals surface area contributed by atoms with E-state index in [1.165, 1.54) is 0 Å². The van der Waals surface area contributed by atoms with Crippen molar-refractivity contribution in [3.63, 3.8) is 0 Å². The number of nitrogens with one attached hydrogen (secondary N) is 1. The first-order chi connectivity index (χ1) is 18.8. The molecule has 202 valence electrons. The molecule has 9 heteroatoms. The van der Waals surface area contributed by atoms with Crippen LogP contribution in [-0.4, -0.2) is 53.5 Å². The molecule has 1 aromatic heterocycles. The highest BCUT2D eigenvalue weighted by Gasteiger charge is 2.44. The summed E-state index contributed by atoms with van der Waals surface area (Å²) in [7, 11) is 1.62. The van der Waals surface area contributed by atoms with Crippen molar-refractivity contribution in [2.24, 2.45) is 21.5 Å². The van der Waals surface area contributed by atoms with Crippen LogP contribution < -0.4 is 14.9 Å². The zero-order valence-corrected chi connectivity index (χ0v) is 22.7. The smallest absolute Gasteiger partial charge is 0.254 e. The van der Waals surface area contributed by atoms with Crippen molar-refractivity contribution < 1.29 is 19.1 Å². The fourth-order valence-electron chi connectivity index (χ4n) is 5.05. The monoisotopic (exact) mass is 527 g/mol. The molecule has 3 heterocycles. The number of benzene rings is 2. The Bertz CT molecular complexity index is 1460. The Labute approximate surface area is 227 Å². The Kier molecular flexibility index (Phi) is 7.32. The Morgan fingerprint density at radius 3 is 2.62 bits per heavy atom.